The van der Waals surface area contributed by atoms with Gasteiger partial charge in [0.15, 0.2) is 5.78 Å². The monoisotopic (exact) mass is 284 g/mol. The van der Waals surface area contributed by atoms with Crippen LogP contribution in [0.15, 0.2) is 48.5 Å². The molecular formula is C16H16N2O3. The highest BCUT2D eigenvalue weighted by molar-refractivity contribution is 5.95. The fourth-order valence-electron chi connectivity index (χ4n) is 2.04. The summed E-state index contributed by atoms with van der Waals surface area (Å²) in [5.74, 6) is -0.186. The van der Waals surface area contributed by atoms with Gasteiger partial charge in [-0.1, -0.05) is 30.3 Å². The maximum Gasteiger partial charge on any atom is 0.293 e. The number of carbonyl (C=O) groups excluding carboxylic acids is 1. The molecule has 1 N–H and O–H groups in total. The molecule has 0 aliphatic heterocycles. The summed E-state index contributed by atoms with van der Waals surface area (Å²) in [6.07, 6.45) is 0.770. The van der Waals surface area contributed by atoms with Crippen LogP contribution in [0.2, 0.25) is 0 Å². The van der Waals surface area contributed by atoms with Crippen LogP contribution < -0.4 is 5.32 Å². The third-order valence-corrected chi connectivity index (χ3v) is 3.17. The number of Topliss-reactive ketones (excluding diaryl/α,β-unsaturated/α-hetero) is 1. The summed E-state index contributed by atoms with van der Waals surface area (Å²) >= 11 is 0. The van der Waals surface area contributed by atoms with Crippen molar-refractivity contribution in [2.75, 3.05) is 11.9 Å². The molecule has 21 heavy (non-hydrogen) atoms. The normalized spacial score (nSPS) is 10.1. The molecule has 0 amide bonds. The van der Waals surface area contributed by atoms with E-state index in [0.717, 1.165) is 12.0 Å². The molecule has 5 heteroatoms. The van der Waals surface area contributed by atoms with Crippen molar-refractivity contribution in [3.63, 3.8) is 0 Å². The second kappa shape index (κ2) is 6.65. The molecule has 0 saturated heterocycles. The number of hydrogen-bond acceptors (Lipinski definition) is 4. The van der Waals surface area contributed by atoms with E-state index in [1.54, 1.807) is 12.1 Å². The number of carbonyl (C=O) groups is 1. The Balaban J connectivity index is 2.09. The predicted octanol–water partition coefficient (Wildman–Crippen LogP) is 3.45. The van der Waals surface area contributed by atoms with Gasteiger partial charge in [0.25, 0.3) is 5.69 Å². The molecule has 108 valence electrons. The number of benzene rings is 2. The van der Waals surface area contributed by atoms with Crippen molar-refractivity contribution in [3.8, 4) is 0 Å². The molecule has 0 aromatic heterocycles. The Kier molecular flexibility index (Phi) is 4.66. The van der Waals surface area contributed by atoms with Crippen LogP contribution >= 0.6 is 0 Å². The average Bonchev–Trinajstić information content (AvgIpc) is 2.48. The van der Waals surface area contributed by atoms with Gasteiger partial charge in [-0.15, -0.1) is 0 Å². The van der Waals surface area contributed by atoms with Crippen LogP contribution in [0.4, 0.5) is 11.4 Å². The van der Waals surface area contributed by atoms with Crippen molar-refractivity contribution in [1.29, 1.82) is 0 Å². The summed E-state index contributed by atoms with van der Waals surface area (Å²) in [4.78, 5) is 21.9. The van der Waals surface area contributed by atoms with Crippen LogP contribution in [0.25, 0.3) is 0 Å². The van der Waals surface area contributed by atoms with Gasteiger partial charge in [0.05, 0.1) is 4.92 Å². The first-order chi connectivity index (χ1) is 10.1. The predicted molar refractivity (Wildman–Crippen MR) is 81.7 cm³/mol. The summed E-state index contributed by atoms with van der Waals surface area (Å²) in [5, 5.41) is 14.1. The molecule has 0 bridgehead atoms. The fourth-order valence-corrected chi connectivity index (χ4v) is 2.04. The number of nitro groups is 1. The van der Waals surface area contributed by atoms with Crippen molar-refractivity contribution < 1.29 is 9.72 Å². The first kappa shape index (κ1) is 14.7. The lowest BCUT2D eigenvalue weighted by Crippen LogP contribution is -2.07. The van der Waals surface area contributed by atoms with Crippen molar-refractivity contribution in [3.05, 3.63) is 69.8 Å². The second-order valence-corrected chi connectivity index (χ2v) is 4.71. The number of nitrogens with one attached hydrogen (secondary N) is 1. The van der Waals surface area contributed by atoms with Gasteiger partial charge in [-0.05, 0) is 31.0 Å². The Labute approximate surface area is 122 Å². The molecule has 0 heterocycles. The minimum absolute atomic E-state index is 0.0734. The van der Waals surface area contributed by atoms with Gasteiger partial charge < -0.3 is 5.32 Å². The van der Waals surface area contributed by atoms with Gasteiger partial charge in [-0.3, -0.25) is 14.9 Å². The van der Waals surface area contributed by atoms with Crippen molar-refractivity contribution >= 4 is 17.2 Å². The zero-order chi connectivity index (χ0) is 15.2. The summed E-state index contributed by atoms with van der Waals surface area (Å²) in [7, 11) is 0. The lowest BCUT2D eigenvalue weighted by molar-refractivity contribution is -0.384. The molecule has 0 aliphatic rings. The Bertz CT molecular complexity index is 654. The number of anilines is 1. The highest BCUT2D eigenvalue weighted by Crippen LogP contribution is 2.25. The van der Waals surface area contributed by atoms with E-state index in [-0.39, 0.29) is 11.5 Å². The van der Waals surface area contributed by atoms with Gasteiger partial charge in [0.2, 0.25) is 0 Å². The zero-order valence-corrected chi connectivity index (χ0v) is 11.7. The topological polar surface area (TPSA) is 72.2 Å². The standard InChI is InChI=1S/C16H16N2O3/c1-12(19)14-7-8-15(16(11-14)18(20)21)17-10-9-13-5-3-2-4-6-13/h2-8,11,17H,9-10H2,1H3. The first-order valence-corrected chi connectivity index (χ1v) is 6.65. The Morgan fingerprint density at radius 2 is 1.90 bits per heavy atom. The molecule has 0 atom stereocenters. The van der Waals surface area contributed by atoms with E-state index in [0.29, 0.717) is 17.8 Å². The number of nitro benzene ring substituents is 1. The molecule has 2 rings (SSSR count). The maximum atomic E-state index is 11.3. The number of ketones is 1. The highest BCUT2D eigenvalue weighted by atomic mass is 16.6. The molecular weight excluding hydrogens is 268 g/mol. The molecule has 0 radical (unpaired) electrons. The summed E-state index contributed by atoms with van der Waals surface area (Å²) in [6.45, 7) is 1.98. The SMILES string of the molecule is CC(=O)c1ccc(NCCc2ccccc2)c([N+](=O)[O-])c1. The van der Waals surface area contributed by atoms with E-state index < -0.39 is 4.92 Å². The molecule has 0 aliphatic carbocycles. The molecule has 0 unspecified atom stereocenters. The van der Waals surface area contributed by atoms with Crippen LogP contribution in [-0.4, -0.2) is 17.3 Å². The van der Waals surface area contributed by atoms with Gasteiger partial charge in [-0.25, -0.2) is 0 Å². The third-order valence-electron chi connectivity index (χ3n) is 3.17. The molecule has 0 spiro atoms. The van der Waals surface area contributed by atoms with Crippen LogP contribution in [0.3, 0.4) is 0 Å². The van der Waals surface area contributed by atoms with Gasteiger partial charge in [-0.2, -0.15) is 0 Å². The highest BCUT2D eigenvalue weighted by Gasteiger charge is 2.15. The summed E-state index contributed by atoms with van der Waals surface area (Å²) < 4.78 is 0. The van der Waals surface area contributed by atoms with Crippen LogP contribution in [0.1, 0.15) is 22.8 Å². The maximum absolute atomic E-state index is 11.3. The van der Waals surface area contributed by atoms with E-state index in [2.05, 4.69) is 5.32 Å². The van der Waals surface area contributed by atoms with E-state index in [1.807, 2.05) is 30.3 Å². The summed E-state index contributed by atoms with van der Waals surface area (Å²) in [6, 6.07) is 14.4. The van der Waals surface area contributed by atoms with Crippen molar-refractivity contribution in [2.24, 2.45) is 0 Å². The Hall–Kier alpha value is -2.69. The molecule has 2 aromatic rings. The number of nitrogens with zero attached hydrogens (tertiary/aromatic N) is 1. The molecule has 2 aromatic carbocycles. The second-order valence-electron chi connectivity index (χ2n) is 4.71. The van der Waals surface area contributed by atoms with Crippen LogP contribution in [0, 0.1) is 10.1 Å². The Morgan fingerprint density at radius 3 is 2.52 bits per heavy atom. The van der Waals surface area contributed by atoms with Gasteiger partial charge in [0, 0.05) is 18.2 Å². The lowest BCUT2D eigenvalue weighted by atomic mass is 10.1. The van der Waals surface area contributed by atoms with E-state index in [4.69, 9.17) is 0 Å². The molecule has 0 saturated carbocycles. The Morgan fingerprint density at radius 1 is 1.19 bits per heavy atom. The number of hydrogen-bond donors (Lipinski definition) is 1. The molecule has 0 fully saturated rings. The van der Waals surface area contributed by atoms with Crippen molar-refractivity contribution in [1.82, 2.24) is 0 Å². The lowest BCUT2D eigenvalue weighted by Gasteiger charge is -2.08. The van der Waals surface area contributed by atoms with E-state index in [9.17, 15) is 14.9 Å². The first-order valence-electron chi connectivity index (χ1n) is 6.65. The van der Waals surface area contributed by atoms with Crippen molar-refractivity contribution in [2.45, 2.75) is 13.3 Å². The zero-order valence-electron chi connectivity index (χ0n) is 11.7. The fraction of sp³-hybridized carbons (Fsp3) is 0.188. The van der Waals surface area contributed by atoms with E-state index in [1.165, 1.54) is 13.0 Å². The van der Waals surface area contributed by atoms with E-state index >= 15 is 0 Å². The summed E-state index contributed by atoms with van der Waals surface area (Å²) in [5.41, 5.74) is 1.86. The average molecular weight is 284 g/mol. The number of rotatable bonds is 6. The smallest absolute Gasteiger partial charge is 0.293 e. The van der Waals surface area contributed by atoms with Gasteiger partial charge >= 0.3 is 0 Å². The van der Waals surface area contributed by atoms with Gasteiger partial charge in [0.1, 0.15) is 5.69 Å². The quantitative estimate of drug-likeness (QED) is 0.501. The van der Waals surface area contributed by atoms with Crippen LogP contribution in [-0.2, 0) is 6.42 Å². The van der Waals surface area contributed by atoms with Crippen LogP contribution in [0.5, 0.6) is 0 Å². The third kappa shape index (κ3) is 3.89. The minimum Gasteiger partial charge on any atom is -0.379 e. The largest absolute Gasteiger partial charge is 0.379 e. The minimum atomic E-state index is -0.475. The molecule has 5 nitrogen and oxygen atoms in total.